The molecule has 0 aliphatic rings. The summed E-state index contributed by atoms with van der Waals surface area (Å²) in [5.41, 5.74) is 1.55. The number of benzene rings is 2. The van der Waals surface area contributed by atoms with Gasteiger partial charge in [-0.1, -0.05) is 46.4 Å². The summed E-state index contributed by atoms with van der Waals surface area (Å²) in [5, 5.41) is 22.2. The number of rotatable bonds is 15. The molecule has 0 amide bonds. The van der Waals surface area contributed by atoms with Crippen molar-refractivity contribution in [2.45, 2.75) is 19.3 Å². The van der Waals surface area contributed by atoms with Gasteiger partial charge in [0.25, 0.3) is 0 Å². The Labute approximate surface area is 244 Å². The fourth-order valence-electron chi connectivity index (χ4n) is 3.39. The van der Waals surface area contributed by atoms with Crippen LogP contribution in [0.3, 0.4) is 0 Å². The molecule has 0 aliphatic heterocycles. The van der Waals surface area contributed by atoms with E-state index >= 15 is 0 Å². The zero-order valence-corrected chi connectivity index (χ0v) is 23.4. The first-order valence-corrected chi connectivity index (χ1v) is 13.1. The number of nitrogens with zero attached hydrogens (tertiary/aromatic N) is 1. The van der Waals surface area contributed by atoms with E-state index in [1.165, 1.54) is 18.5 Å². The second-order valence-corrected chi connectivity index (χ2v) is 9.69. The van der Waals surface area contributed by atoms with Crippen LogP contribution >= 0.6 is 46.4 Å². The number of nitrogens with one attached hydrogen (secondary N) is 1. The average Bonchev–Trinajstić information content (AvgIpc) is 2.87. The molecule has 0 atom stereocenters. The van der Waals surface area contributed by atoms with Crippen LogP contribution in [0.4, 0.5) is 11.4 Å². The average molecular weight is 618 g/mol. The number of pyridine rings is 1. The minimum absolute atomic E-state index is 0.00436. The van der Waals surface area contributed by atoms with Crippen LogP contribution in [0.15, 0.2) is 42.7 Å². The molecule has 39 heavy (non-hydrogen) atoms. The first-order chi connectivity index (χ1) is 18.7. The maximum Gasteiger partial charge on any atom is 0.339 e. The summed E-state index contributed by atoms with van der Waals surface area (Å²) in [5.74, 6) is -1.40. The van der Waals surface area contributed by atoms with Crippen LogP contribution in [0.5, 0.6) is 11.5 Å². The van der Waals surface area contributed by atoms with Crippen molar-refractivity contribution < 1.29 is 34.0 Å². The van der Waals surface area contributed by atoms with E-state index in [0.717, 1.165) is 5.56 Å². The van der Waals surface area contributed by atoms with Crippen molar-refractivity contribution in [3.05, 3.63) is 73.9 Å². The van der Waals surface area contributed by atoms with Gasteiger partial charge in [-0.25, -0.2) is 4.79 Å². The summed E-state index contributed by atoms with van der Waals surface area (Å²) in [6.07, 6.45) is 3.57. The van der Waals surface area contributed by atoms with Crippen molar-refractivity contribution in [3.8, 4) is 11.5 Å². The molecule has 0 fully saturated rings. The Hall–Kier alpha value is -2.95. The third-order valence-electron chi connectivity index (χ3n) is 5.17. The first kappa shape index (κ1) is 30.6. The van der Waals surface area contributed by atoms with Crippen LogP contribution in [0.2, 0.25) is 20.1 Å². The number of anilines is 2. The molecule has 2 aromatic carbocycles. The Kier molecular flexibility index (Phi) is 11.8. The van der Waals surface area contributed by atoms with Crippen LogP contribution in [-0.2, 0) is 16.0 Å². The number of aromatic nitrogens is 1. The Bertz CT molecular complexity index is 1280. The molecule has 0 spiro atoms. The van der Waals surface area contributed by atoms with Gasteiger partial charge in [0.1, 0.15) is 12.2 Å². The van der Waals surface area contributed by atoms with Crippen molar-refractivity contribution >= 4 is 69.7 Å². The molecule has 0 saturated carbocycles. The third kappa shape index (κ3) is 9.33. The second-order valence-electron chi connectivity index (χ2n) is 8.07. The van der Waals surface area contributed by atoms with Gasteiger partial charge in [0, 0.05) is 37.5 Å². The van der Waals surface area contributed by atoms with Gasteiger partial charge < -0.3 is 29.7 Å². The quantitative estimate of drug-likeness (QED) is 0.154. The maximum absolute atomic E-state index is 11.4. The van der Waals surface area contributed by atoms with Crippen molar-refractivity contribution in [2.75, 3.05) is 31.7 Å². The predicted molar refractivity (Wildman–Crippen MR) is 150 cm³/mol. The number of hydrogen-bond acceptors (Lipinski definition) is 7. The predicted octanol–water partition coefficient (Wildman–Crippen LogP) is 7.02. The van der Waals surface area contributed by atoms with Gasteiger partial charge in [-0.3, -0.25) is 9.78 Å². The SMILES string of the molecule is O=C(O)CCc1cc(Cl)c(OCCCOCCOc2c(Cl)cc(Nc3ccncc3C(=O)O)cc2Cl)c(Cl)c1. The van der Waals surface area contributed by atoms with E-state index in [1.54, 1.807) is 24.3 Å². The second kappa shape index (κ2) is 15.0. The fraction of sp³-hybridized carbons (Fsp3) is 0.269. The number of carbonyl (C=O) groups is 2. The molecule has 3 aromatic rings. The summed E-state index contributed by atoms with van der Waals surface area (Å²) < 4.78 is 16.9. The summed E-state index contributed by atoms with van der Waals surface area (Å²) in [6.45, 7) is 1.15. The number of ether oxygens (including phenoxy) is 3. The number of aryl methyl sites for hydroxylation is 1. The van der Waals surface area contributed by atoms with E-state index in [-0.39, 0.29) is 41.0 Å². The Morgan fingerprint density at radius 3 is 2.08 bits per heavy atom. The molecular formula is C26H24Cl4N2O7. The molecule has 0 bridgehead atoms. The van der Waals surface area contributed by atoms with Crippen LogP contribution in [0.25, 0.3) is 0 Å². The number of aromatic carboxylic acids is 1. The summed E-state index contributed by atoms with van der Waals surface area (Å²) in [6, 6.07) is 7.96. The fourth-order valence-corrected chi connectivity index (χ4v) is 4.62. The van der Waals surface area contributed by atoms with Crippen LogP contribution in [-0.4, -0.2) is 53.6 Å². The van der Waals surface area contributed by atoms with Gasteiger partial charge in [-0.05, 0) is 42.3 Å². The van der Waals surface area contributed by atoms with Gasteiger partial charge in [-0.2, -0.15) is 0 Å². The normalized spacial score (nSPS) is 10.8. The Morgan fingerprint density at radius 1 is 0.846 bits per heavy atom. The monoisotopic (exact) mass is 616 g/mol. The van der Waals surface area contributed by atoms with Gasteiger partial charge in [0.2, 0.25) is 0 Å². The molecule has 1 aromatic heterocycles. The van der Waals surface area contributed by atoms with E-state index < -0.39 is 11.9 Å². The molecule has 3 rings (SSSR count). The Morgan fingerprint density at radius 2 is 1.46 bits per heavy atom. The maximum atomic E-state index is 11.4. The third-order valence-corrected chi connectivity index (χ3v) is 6.29. The minimum Gasteiger partial charge on any atom is -0.490 e. The van der Waals surface area contributed by atoms with Crippen molar-refractivity contribution in [1.29, 1.82) is 0 Å². The molecule has 0 aliphatic carbocycles. The van der Waals surface area contributed by atoms with E-state index in [1.807, 2.05) is 0 Å². The summed E-state index contributed by atoms with van der Waals surface area (Å²) >= 11 is 25.1. The summed E-state index contributed by atoms with van der Waals surface area (Å²) in [7, 11) is 0. The number of aliphatic carboxylic acids is 1. The molecule has 3 N–H and O–H groups in total. The number of carboxylic acid groups (broad SMARTS) is 2. The number of hydrogen-bond donors (Lipinski definition) is 3. The first-order valence-electron chi connectivity index (χ1n) is 11.6. The minimum atomic E-state index is -1.12. The van der Waals surface area contributed by atoms with E-state index in [4.69, 9.17) is 65.7 Å². The lowest BCUT2D eigenvalue weighted by Crippen LogP contribution is -2.10. The van der Waals surface area contributed by atoms with E-state index in [2.05, 4.69) is 10.3 Å². The molecule has 1 heterocycles. The molecule has 208 valence electrons. The lowest BCUT2D eigenvalue weighted by atomic mass is 10.1. The number of halogens is 4. The largest absolute Gasteiger partial charge is 0.490 e. The molecular weight excluding hydrogens is 594 g/mol. The van der Waals surface area contributed by atoms with Crippen LogP contribution < -0.4 is 14.8 Å². The molecule has 9 nitrogen and oxygen atoms in total. The topological polar surface area (TPSA) is 127 Å². The van der Waals surface area contributed by atoms with Crippen LogP contribution in [0.1, 0.15) is 28.8 Å². The van der Waals surface area contributed by atoms with E-state index in [0.29, 0.717) is 53.2 Å². The van der Waals surface area contributed by atoms with Gasteiger partial charge in [0.05, 0.1) is 39.0 Å². The highest BCUT2D eigenvalue weighted by atomic mass is 35.5. The molecule has 0 radical (unpaired) electrons. The smallest absolute Gasteiger partial charge is 0.339 e. The van der Waals surface area contributed by atoms with Gasteiger partial charge in [-0.15, -0.1) is 0 Å². The van der Waals surface area contributed by atoms with Gasteiger partial charge >= 0.3 is 11.9 Å². The zero-order chi connectivity index (χ0) is 28.4. The van der Waals surface area contributed by atoms with Crippen molar-refractivity contribution in [1.82, 2.24) is 4.98 Å². The highest BCUT2D eigenvalue weighted by Gasteiger charge is 2.14. The lowest BCUT2D eigenvalue weighted by molar-refractivity contribution is -0.136. The highest BCUT2D eigenvalue weighted by molar-refractivity contribution is 6.38. The van der Waals surface area contributed by atoms with Crippen molar-refractivity contribution in [3.63, 3.8) is 0 Å². The lowest BCUT2D eigenvalue weighted by Gasteiger charge is -2.14. The molecule has 0 unspecified atom stereocenters. The summed E-state index contributed by atoms with van der Waals surface area (Å²) in [4.78, 5) is 25.9. The zero-order valence-electron chi connectivity index (χ0n) is 20.4. The van der Waals surface area contributed by atoms with Crippen molar-refractivity contribution in [2.24, 2.45) is 0 Å². The van der Waals surface area contributed by atoms with Crippen LogP contribution in [0, 0.1) is 0 Å². The van der Waals surface area contributed by atoms with E-state index in [9.17, 15) is 14.7 Å². The molecule has 13 heteroatoms. The highest BCUT2D eigenvalue weighted by Crippen LogP contribution is 2.37. The molecule has 0 saturated heterocycles. The Balaban J connectivity index is 1.40. The van der Waals surface area contributed by atoms with Gasteiger partial charge in [0.15, 0.2) is 11.5 Å². The number of carboxylic acids is 2. The standard InChI is InChI=1S/C26H24Cl4N2O7/c27-18-10-15(2-3-23(33)34)11-19(28)24(18)38-7-1-6-37-8-9-39-25-20(29)12-16(13-21(25)30)32-22-4-5-31-14-17(22)26(35)36/h4-5,10-14H,1-3,6-9H2,(H,31,32)(H,33,34)(H,35,36).